The normalized spacial score (nSPS) is 13.9. The molecule has 0 saturated carbocycles. The van der Waals surface area contributed by atoms with Crippen LogP contribution >= 0.6 is 0 Å². The molecule has 86 valence electrons. The summed E-state index contributed by atoms with van der Waals surface area (Å²) in [4.78, 5) is 0. The first-order valence-electron chi connectivity index (χ1n) is 5.27. The van der Waals surface area contributed by atoms with Gasteiger partial charge in [0.05, 0.1) is 17.4 Å². The van der Waals surface area contributed by atoms with Crippen molar-refractivity contribution in [2.75, 3.05) is 11.1 Å². The number of benzene rings is 1. The van der Waals surface area contributed by atoms with E-state index in [-0.39, 0.29) is 12.1 Å². The third-order valence-electron chi connectivity index (χ3n) is 2.26. The second kappa shape index (κ2) is 5.38. The van der Waals surface area contributed by atoms with Crippen molar-refractivity contribution < 1.29 is 5.11 Å². The molecule has 1 rings (SSSR count). The van der Waals surface area contributed by atoms with E-state index >= 15 is 0 Å². The molecule has 1 aromatic carbocycles. The Hall–Kier alpha value is -1.73. The van der Waals surface area contributed by atoms with Crippen LogP contribution in [0, 0.1) is 11.3 Å². The van der Waals surface area contributed by atoms with E-state index < -0.39 is 0 Å². The number of hydrogen-bond donors (Lipinski definition) is 3. The Kier molecular flexibility index (Phi) is 4.15. The number of nitrogens with zero attached hydrogens (tertiary/aromatic N) is 1. The molecule has 0 heterocycles. The van der Waals surface area contributed by atoms with Gasteiger partial charge in [-0.25, -0.2) is 0 Å². The molecule has 0 amide bonds. The maximum Gasteiger partial charge on any atom is 0.101 e. The van der Waals surface area contributed by atoms with Gasteiger partial charge in [0.15, 0.2) is 0 Å². The van der Waals surface area contributed by atoms with E-state index in [1.807, 2.05) is 6.92 Å². The van der Waals surface area contributed by atoms with Crippen molar-refractivity contribution in [2.24, 2.45) is 0 Å². The molecule has 0 aliphatic rings. The average Bonchev–Trinajstić information content (AvgIpc) is 2.19. The topological polar surface area (TPSA) is 82.1 Å². The Morgan fingerprint density at radius 1 is 1.50 bits per heavy atom. The van der Waals surface area contributed by atoms with Crippen LogP contribution in [0.5, 0.6) is 0 Å². The van der Waals surface area contributed by atoms with E-state index in [2.05, 4.69) is 11.4 Å². The second-order valence-corrected chi connectivity index (χ2v) is 4.05. The van der Waals surface area contributed by atoms with Crippen molar-refractivity contribution in [1.29, 1.82) is 5.26 Å². The Morgan fingerprint density at radius 2 is 2.19 bits per heavy atom. The number of nitrogens with one attached hydrogen (secondary N) is 1. The Bertz CT molecular complexity index is 396. The van der Waals surface area contributed by atoms with E-state index in [1.54, 1.807) is 25.1 Å². The lowest BCUT2D eigenvalue weighted by Crippen LogP contribution is -2.21. The van der Waals surface area contributed by atoms with Crippen LogP contribution in [0.4, 0.5) is 11.4 Å². The minimum Gasteiger partial charge on any atom is -0.399 e. The average molecular weight is 219 g/mol. The van der Waals surface area contributed by atoms with Gasteiger partial charge in [-0.15, -0.1) is 0 Å². The summed E-state index contributed by atoms with van der Waals surface area (Å²) >= 11 is 0. The summed E-state index contributed by atoms with van der Waals surface area (Å²) in [6.07, 6.45) is 0.275. The molecule has 2 atom stereocenters. The van der Waals surface area contributed by atoms with Crippen LogP contribution in [-0.2, 0) is 0 Å². The number of hydrogen-bond acceptors (Lipinski definition) is 4. The summed E-state index contributed by atoms with van der Waals surface area (Å²) in [5, 5.41) is 21.4. The molecule has 0 spiro atoms. The molecular formula is C12H17N3O. The molecule has 0 aromatic heterocycles. The van der Waals surface area contributed by atoms with Crippen molar-refractivity contribution in [1.82, 2.24) is 0 Å². The predicted octanol–water partition coefficient (Wildman–Crippen LogP) is 1.71. The van der Waals surface area contributed by atoms with Crippen molar-refractivity contribution >= 4 is 11.4 Å². The van der Waals surface area contributed by atoms with Crippen molar-refractivity contribution in [3.8, 4) is 6.07 Å². The highest BCUT2D eigenvalue weighted by Gasteiger charge is 2.08. The number of rotatable bonds is 4. The minimum absolute atomic E-state index is 0.107. The van der Waals surface area contributed by atoms with Gasteiger partial charge >= 0.3 is 0 Å². The molecular weight excluding hydrogens is 202 g/mol. The predicted molar refractivity (Wildman–Crippen MR) is 65.0 cm³/mol. The Labute approximate surface area is 95.7 Å². The molecule has 1 aromatic rings. The van der Waals surface area contributed by atoms with Gasteiger partial charge < -0.3 is 16.2 Å². The zero-order valence-electron chi connectivity index (χ0n) is 9.57. The van der Waals surface area contributed by atoms with Crippen molar-refractivity contribution in [2.45, 2.75) is 32.4 Å². The maximum absolute atomic E-state index is 9.25. The molecule has 16 heavy (non-hydrogen) atoms. The van der Waals surface area contributed by atoms with Crippen LogP contribution in [0.1, 0.15) is 25.8 Å². The van der Waals surface area contributed by atoms with Gasteiger partial charge in [0, 0.05) is 11.7 Å². The molecule has 4 nitrogen and oxygen atoms in total. The smallest absolute Gasteiger partial charge is 0.101 e. The van der Waals surface area contributed by atoms with Crippen LogP contribution in [0.25, 0.3) is 0 Å². The minimum atomic E-state index is -0.359. The lowest BCUT2D eigenvalue weighted by Gasteiger charge is -2.17. The van der Waals surface area contributed by atoms with Crippen LogP contribution in [0.3, 0.4) is 0 Å². The maximum atomic E-state index is 9.25. The highest BCUT2D eigenvalue weighted by molar-refractivity contribution is 5.63. The first kappa shape index (κ1) is 12.3. The Morgan fingerprint density at radius 3 is 2.75 bits per heavy atom. The van der Waals surface area contributed by atoms with Crippen molar-refractivity contribution in [3.63, 3.8) is 0 Å². The SMILES string of the molecule is CC(O)CC(C)Nc1ccc(N)cc1C#N. The molecule has 4 heteroatoms. The monoisotopic (exact) mass is 219 g/mol. The standard InChI is InChI=1S/C12H17N3O/c1-8(5-9(2)16)15-12-4-3-11(14)6-10(12)7-13/h3-4,6,8-9,15-16H,5,14H2,1-2H3. The zero-order chi connectivity index (χ0) is 12.1. The fourth-order valence-corrected chi connectivity index (χ4v) is 1.62. The third-order valence-corrected chi connectivity index (χ3v) is 2.26. The molecule has 0 bridgehead atoms. The van der Waals surface area contributed by atoms with E-state index in [0.29, 0.717) is 17.7 Å². The number of aliphatic hydroxyl groups excluding tert-OH is 1. The first-order chi connectivity index (χ1) is 7.52. The van der Waals surface area contributed by atoms with Gasteiger partial charge in [-0.1, -0.05) is 0 Å². The van der Waals surface area contributed by atoms with E-state index in [1.165, 1.54) is 0 Å². The lowest BCUT2D eigenvalue weighted by atomic mass is 10.1. The van der Waals surface area contributed by atoms with Crippen LogP contribution in [-0.4, -0.2) is 17.3 Å². The molecule has 4 N–H and O–H groups in total. The van der Waals surface area contributed by atoms with Gasteiger partial charge in [-0.2, -0.15) is 5.26 Å². The Balaban J connectivity index is 2.77. The number of nitrogens with two attached hydrogens (primary N) is 1. The largest absolute Gasteiger partial charge is 0.399 e. The first-order valence-corrected chi connectivity index (χ1v) is 5.27. The second-order valence-electron chi connectivity index (χ2n) is 4.05. The number of nitrogen functional groups attached to an aromatic ring is 1. The molecule has 0 radical (unpaired) electrons. The summed E-state index contributed by atoms with van der Waals surface area (Å²) in [5.74, 6) is 0. The summed E-state index contributed by atoms with van der Waals surface area (Å²) < 4.78 is 0. The van der Waals surface area contributed by atoms with E-state index in [9.17, 15) is 5.11 Å². The number of anilines is 2. The zero-order valence-corrected chi connectivity index (χ0v) is 9.57. The van der Waals surface area contributed by atoms with Gasteiger partial charge in [0.2, 0.25) is 0 Å². The molecule has 0 aliphatic carbocycles. The molecule has 0 aliphatic heterocycles. The summed E-state index contributed by atoms with van der Waals surface area (Å²) in [6, 6.07) is 7.37. The number of nitriles is 1. The van der Waals surface area contributed by atoms with E-state index in [4.69, 9.17) is 11.0 Å². The summed E-state index contributed by atoms with van der Waals surface area (Å²) in [7, 11) is 0. The van der Waals surface area contributed by atoms with Gasteiger partial charge in [0.25, 0.3) is 0 Å². The summed E-state index contributed by atoms with van der Waals surface area (Å²) in [6.45, 7) is 3.70. The van der Waals surface area contributed by atoms with Crippen LogP contribution in [0.15, 0.2) is 18.2 Å². The fraction of sp³-hybridized carbons (Fsp3) is 0.417. The van der Waals surface area contributed by atoms with Crippen LogP contribution in [0.2, 0.25) is 0 Å². The lowest BCUT2D eigenvalue weighted by molar-refractivity contribution is 0.179. The van der Waals surface area contributed by atoms with Crippen molar-refractivity contribution in [3.05, 3.63) is 23.8 Å². The molecule has 0 fully saturated rings. The van der Waals surface area contributed by atoms with Gasteiger partial charge in [-0.3, -0.25) is 0 Å². The quantitative estimate of drug-likeness (QED) is 0.673. The molecule has 2 unspecified atom stereocenters. The van der Waals surface area contributed by atoms with Crippen LogP contribution < -0.4 is 11.1 Å². The summed E-state index contributed by atoms with van der Waals surface area (Å²) in [5.41, 5.74) is 7.45. The number of aliphatic hydroxyl groups is 1. The molecule has 0 saturated heterocycles. The highest BCUT2D eigenvalue weighted by atomic mass is 16.3. The fourth-order valence-electron chi connectivity index (χ4n) is 1.62. The highest BCUT2D eigenvalue weighted by Crippen LogP contribution is 2.19. The van der Waals surface area contributed by atoms with E-state index in [0.717, 1.165) is 5.69 Å². The van der Waals surface area contributed by atoms with Gasteiger partial charge in [0.1, 0.15) is 6.07 Å². The van der Waals surface area contributed by atoms with Gasteiger partial charge in [-0.05, 0) is 38.5 Å². The third kappa shape index (κ3) is 3.44.